The summed E-state index contributed by atoms with van der Waals surface area (Å²) in [6.07, 6.45) is 5.57. The van der Waals surface area contributed by atoms with Gasteiger partial charge >= 0.3 is 0 Å². The van der Waals surface area contributed by atoms with Gasteiger partial charge in [-0.1, -0.05) is 58.0 Å². The number of nitrogens with one attached hydrogen (secondary N) is 1. The standard InChI is InChI=1S/C31H45F2N5O/c1-20(2)28-35-36-29(21(3)4)38(28)26-18-24-10-11-25(19-26)37(24)17-14-27(22-8-6-5-7-9-22)34-30(39)23-12-15-31(32,33)16-13-23/h5-9,20-21,23-27H,10-19H2,1-4H3,(H,34,39)/t24-,25+,26?,27-/m0/s1. The molecule has 1 unspecified atom stereocenters. The molecule has 0 spiro atoms. The molecule has 8 heteroatoms. The van der Waals surface area contributed by atoms with Gasteiger partial charge in [-0.25, -0.2) is 8.78 Å². The van der Waals surface area contributed by atoms with Crippen LogP contribution >= 0.6 is 0 Å². The lowest BCUT2D eigenvalue weighted by molar-refractivity contribution is -0.130. The summed E-state index contributed by atoms with van der Waals surface area (Å²) in [6.45, 7) is 9.72. The molecule has 3 heterocycles. The van der Waals surface area contributed by atoms with Crippen molar-refractivity contribution in [2.75, 3.05) is 6.54 Å². The Balaban J connectivity index is 1.26. The van der Waals surface area contributed by atoms with E-state index in [2.05, 4.69) is 64.8 Å². The van der Waals surface area contributed by atoms with Crippen LogP contribution in [0.15, 0.2) is 30.3 Å². The summed E-state index contributed by atoms with van der Waals surface area (Å²) in [5.74, 6) is -0.141. The number of carbonyl (C=O) groups is 1. The highest BCUT2D eigenvalue weighted by Crippen LogP contribution is 2.43. The van der Waals surface area contributed by atoms with Crippen LogP contribution in [0.25, 0.3) is 0 Å². The van der Waals surface area contributed by atoms with Crippen LogP contribution in [-0.2, 0) is 4.79 Å². The van der Waals surface area contributed by atoms with E-state index < -0.39 is 5.92 Å². The summed E-state index contributed by atoms with van der Waals surface area (Å²) in [5.41, 5.74) is 1.09. The predicted molar refractivity (Wildman–Crippen MR) is 149 cm³/mol. The fourth-order valence-corrected chi connectivity index (χ4v) is 7.18. The second kappa shape index (κ2) is 11.6. The minimum atomic E-state index is -2.63. The molecule has 3 aliphatic rings. The van der Waals surface area contributed by atoms with Gasteiger partial charge < -0.3 is 9.88 Å². The molecular formula is C31H45F2N5O. The van der Waals surface area contributed by atoms with Crippen LogP contribution in [0.3, 0.4) is 0 Å². The number of hydrogen-bond donors (Lipinski definition) is 1. The van der Waals surface area contributed by atoms with E-state index in [4.69, 9.17) is 0 Å². The van der Waals surface area contributed by atoms with Crippen LogP contribution in [0.5, 0.6) is 0 Å². The van der Waals surface area contributed by atoms with Crippen LogP contribution in [-0.4, -0.2) is 50.1 Å². The minimum absolute atomic E-state index is 0.0731. The molecule has 5 rings (SSSR count). The Labute approximate surface area is 231 Å². The largest absolute Gasteiger partial charge is 0.349 e. The monoisotopic (exact) mass is 541 g/mol. The molecule has 4 atom stereocenters. The normalized spacial score (nSPS) is 26.3. The molecule has 1 aromatic heterocycles. The fraction of sp³-hybridized carbons (Fsp3) is 0.710. The van der Waals surface area contributed by atoms with Gasteiger partial charge in [-0.15, -0.1) is 10.2 Å². The number of piperidine rings is 1. The average molecular weight is 542 g/mol. The van der Waals surface area contributed by atoms with Crippen LogP contribution in [0.4, 0.5) is 8.78 Å². The van der Waals surface area contributed by atoms with Crippen molar-refractivity contribution in [1.82, 2.24) is 25.0 Å². The molecule has 6 nitrogen and oxygen atoms in total. The Morgan fingerprint density at radius 2 is 1.49 bits per heavy atom. The highest BCUT2D eigenvalue weighted by atomic mass is 19.3. The maximum absolute atomic E-state index is 13.7. The Kier molecular flexibility index (Phi) is 8.41. The van der Waals surface area contributed by atoms with Crippen LogP contribution < -0.4 is 5.32 Å². The first-order chi connectivity index (χ1) is 18.6. The third-order valence-electron chi connectivity index (χ3n) is 9.29. The zero-order valence-corrected chi connectivity index (χ0v) is 24.0. The molecule has 1 amide bonds. The number of fused-ring (bicyclic) bond motifs is 2. The van der Waals surface area contributed by atoms with E-state index in [-0.39, 0.29) is 43.6 Å². The van der Waals surface area contributed by atoms with Crippen LogP contribution in [0.1, 0.15) is 127 Å². The van der Waals surface area contributed by atoms with Gasteiger partial charge in [-0.05, 0) is 50.5 Å². The van der Waals surface area contributed by atoms with Gasteiger partial charge in [0.2, 0.25) is 11.8 Å². The second-order valence-electron chi connectivity index (χ2n) is 12.7. The van der Waals surface area contributed by atoms with E-state index in [1.807, 2.05) is 18.2 Å². The van der Waals surface area contributed by atoms with E-state index in [1.54, 1.807) is 0 Å². The Hall–Kier alpha value is -2.35. The van der Waals surface area contributed by atoms with Crippen LogP contribution in [0, 0.1) is 5.92 Å². The number of halogens is 2. The lowest BCUT2D eigenvalue weighted by Gasteiger charge is -2.41. The number of amides is 1. The number of carbonyl (C=O) groups excluding carboxylic acids is 1. The predicted octanol–water partition coefficient (Wildman–Crippen LogP) is 6.77. The van der Waals surface area contributed by atoms with Crippen molar-refractivity contribution in [3.63, 3.8) is 0 Å². The summed E-state index contributed by atoms with van der Waals surface area (Å²) in [7, 11) is 0. The lowest BCUT2D eigenvalue weighted by Crippen LogP contribution is -2.45. The first-order valence-corrected chi connectivity index (χ1v) is 15.1. The molecule has 2 saturated heterocycles. The molecule has 3 fully saturated rings. The van der Waals surface area contributed by atoms with E-state index in [1.165, 1.54) is 12.8 Å². The molecular weight excluding hydrogens is 496 g/mol. The molecule has 214 valence electrons. The van der Waals surface area contributed by atoms with E-state index in [0.717, 1.165) is 43.0 Å². The summed E-state index contributed by atoms with van der Waals surface area (Å²) in [6, 6.07) is 11.5. The number of rotatable bonds is 9. The smallest absolute Gasteiger partial charge is 0.248 e. The SMILES string of the molecule is CC(C)c1nnc(C(C)C)n1C1C[C@H]2CC[C@@H](C1)N2CC[C@H](NC(=O)C1CCC(F)(F)CC1)c1ccccc1. The quantitative estimate of drug-likeness (QED) is 0.381. The third kappa shape index (κ3) is 6.21. The van der Waals surface area contributed by atoms with Crippen molar-refractivity contribution in [2.45, 2.75) is 127 Å². The van der Waals surface area contributed by atoms with Crippen molar-refractivity contribution in [3.8, 4) is 0 Å². The molecule has 1 N–H and O–H groups in total. The fourth-order valence-electron chi connectivity index (χ4n) is 7.18. The second-order valence-corrected chi connectivity index (χ2v) is 12.7. The topological polar surface area (TPSA) is 63.1 Å². The molecule has 2 aromatic rings. The van der Waals surface area contributed by atoms with Crippen molar-refractivity contribution in [2.24, 2.45) is 5.92 Å². The van der Waals surface area contributed by atoms with Crippen LogP contribution in [0.2, 0.25) is 0 Å². The van der Waals surface area contributed by atoms with Gasteiger partial charge in [0.1, 0.15) is 11.6 Å². The van der Waals surface area contributed by atoms with Gasteiger partial charge in [0.15, 0.2) is 0 Å². The third-order valence-corrected chi connectivity index (χ3v) is 9.29. The Morgan fingerprint density at radius 3 is 2.03 bits per heavy atom. The molecule has 1 aromatic carbocycles. The van der Waals surface area contributed by atoms with Gasteiger partial charge in [0.25, 0.3) is 0 Å². The minimum Gasteiger partial charge on any atom is -0.349 e. The summed E-state index contributed by atoms with van der Waals surface area (Å²) in [5, 5.41) is 12.4. The molecule has 0 radical (unpaired) electrons. The van der Waals surface area contributed by atoms with Crippen molar-refractivity contribution < 1.29 is 13.6 Å². The van der Waals surface area contributed by atoms with Gasteiger partial charge in [0.05, 0.1) is 6.04 Å². The van der Waals surface area contributed by atoms with Gasteiger partial charge in [0, 0.05) is 55.3 Å². The molecule has 2 bridgehead atoms. The molecule has 1 aliphatic carbocycles. The number of hydrogen-bond acceptors (Lipinski definition) is 4. The zero-order chi connectivity index (χ0) is 27.7. The van der Waals surface area contributed by atoms with E-state index in [9.17, 15) is 13.6 Å². The molecule has 1 saturated carbocycles. The molecule has 2 aliphatic heterocycles. The van der Waals surface area contributed by atoms with Gasteiger partial charge in [-0.2, -0.15) is 0 Å². The summed E-state index contributed by atoms with van der Waals surface area (Å²) >= 11 is 0. The van der Waals surface area contributed by atoms with Crippen molar-refractivity contribution in [1.29, 1.82) is 0 Å². The Morgan fingerprint density at radius 1 is 0.923 bits per heavy atom. The maximum atomic E-state index is 13.7. The highest BCUT2D eigenvalue weighted by Gasteiger charge is 2.43. The number of benzene rings is 1. The zero-order valence-electron chi connectivity index (χ0n) is 24.0. The summed E-state index contributed by atoms with van der Waals surface area (Å²) in [4.78, 5) is 15.8. The Bertz CT molecular complexity index is 1070. The number of nitrogens with zero attached hydrogens (tertiary/aromatic N) is 4. The average Bonchev–Trinajstić information content (AvgIpc) is 3.45. The summed E-state index contributed by atoms with van der Waals surface area (Å²) < 4.78 is 29.8. The maximum Gasteiger partial charge on any atom is 0.248 e. The number of alkyl halides is 2. The van der Waals surface area contributed by atoms with Crippen molar-refractivity contribution >= 4 is 5.91 Å². The van der Waals surface area contributed by atoms with Gasteiger partial charge in [-0.3, -0.25) is 9.69 Å². The van der Waals surface area contributed by atoms with E-state index in [0.29, 0.717) is 30.0 Å². The van der Waals surface area contributed by atoms with Crippen molar-refractivity contribution in [3.05, 3.63) is 47.5 Å². The molecule has 39 heavy (non-hydrogen) atoms. The lowest BCUT2D eigenvalue weighted by atomic mass is 9.86. The first-order valence-electron chi connectivity index (χ1n) is 15.1. The highest BCUT2D eigenvalue weighted by molar-refractivity contribution is 5.79. The number of aromatic nitrogens is 3. The first kappa shape index (κ1) is 28.2. The van der Waals surface area contributed by atoms with E-state index >= 15 is 0 Å².